The summed E-state index contributed by atoms with van der Waals surface area (Å²) in [6.07, 6.45) is 4.94. The van der Waals surface area contributed by atoms with Gasteiger partial charge in [0.15, 0.2) is 0 Å². The highest BCUT2D eigenvalue weighted by molar-refractivity contribution is 5.98. The van der Waals surface area contributed by atoms with Gasteiger partial charge in [0, 0.05) is 54.0 Å². The van der Waals surface area contributed by atoms with Crippen molar-refractivity contribution < 1.29 is 31.6 Å². The van der Waals surface area contributed by atoms with Crippen LogP contribution in [0, 0.1) is 17.5 Å². The largest absolute Gasteiger partial charge is 0.459 e. The predicted molar refractivity (Wildman–Crippen MR) is 171 cm³/mol. The molecule has 47 heavy (non-hydrogen) atoms. The van der Waals surface area contributed by atoms with E-state index in [0.717, 1.165) is 0 Å². The monoisotopic (exact) mass is 642 g/mol. The molecule has 1 aliphatic rings. The molecule has 3 N–H and O–H groups in total. The lowest BCUT2D eigenvalue weighted by atomic mass is 9.94. The Kier molecular flexibility index (Phi) is 8.55. The van der Waals surface area contributed by atoms with Crippen LogP contribution in [-0.4, -0.2) is 40.5 Å². The van der Waals surface area contributed by atoms with Crippen LogP contribution >= 0.6 is 0 Å². The molecule has 2 amide bonds. The summed E-state index contributed by atoms with van der Waals surface area (Å²) in [5.74, 6) is -3.25. The molecule has 3 heterocycles. The lowest BCUT2D eigenvalue weighted by molar-refractivity contribution is -0.116. The number of carbonyl (C=O) groups excluding carboxylic acids is 2. The summed E-state index contributed by atoms with van der Waals surface area (Å²) in [6, 6.07) is 16.1. The molecule has 1 fully saturated rings. The fraction of sp³-hybridized carbons (Fsp3) is 0.194. The second-order valence-electron chi connectivity index (χ2n) is 11.7. The standard InChI is InChI=1S/C36H30F4N4O3/c1-36(40)10-12-44(13-11-36)35(46)23-6-4-22(5-7-23)24-14-25-15-27(20-43-32(45)9-3-21-2-8-31(41)42-19-21)47-34(25)28(16-24)33-29(38)17-26(37)18-30(33)39/h2-9,14-19H,10-13,20H2,1H3,(H2,41,42)(H,43,45)/b9-3+. The van der Waals surface area contributed by atoms with Crippen molar-refractivity contribution in [2.75, 3.05) is 18.8 Å². The minimum Gasteiger partial charge on any atom is -0.459 e. The molecule has 0 bridgehead atoms. The first-order valence-electron chi connectivity index (χ1n) is 14.9. The van der Waals surface area contributed by atoms with Crippen LogP contribution in [-0.2, 0) is 11.3 Å². The van der Waals surface area contributed by atoms with E-state index >= 15 is 8.78 Å². The number of nitrogens with one attached hydrogen (secondary N) is 1. The number of carbonyl (C=O) groups is 2. The zero-order chi connectivity index (χ0) is 33.3. The van der Waals surface area contributed by atoms with E-state index < -0.39 is 34.6 Å². The van der Waals surface area contributed by atoms with Gasteiger partial charge in [-0.25, -0.2) is 22.5 Å². The maximum Gasteiger partial charge on any atom is 0.253 e. The van der Waals surface area contributed by atoms with Gasteiger partial charge in [-0.15, -0.1) is 0 Å². The number of fused-ring (bicyclic) bond motifs is 1. The minimum absolute atomic E-state index is 0.0319. The van der Waals surface area contributed by atoms with Gasteiger partial charge in [-0.3, -0.25) is 9.59 Å². The Morgan fingerprint density at radius 2 is 1.68 bits per heavy atom. The number of hydrogen-bond donors (Lipinski definition) is 2. The molecule has 5 aromatic rings. The van der Waals surface area contributed by atoms with E-state index in [-0.39, 0.29) is 36.4 Å². The average Bonchev–Trinajstić information content (AvgIpc) is 3.46. The molecule has 0 spiro atoms. The predicted octanol–water partition coefficient (Wildman–Crippen LogP) is 7.46. The summed E-state index contributed by atoms with van der Waals surface area (Å²) in [5.41, 5.74) is 6.30. The van der Waals surface area contributed by atoms with Crippen LogP contribution in [0.1, 0.15) is 41.4 Å². The number of rotatable bonds is 7. The number of amides is 2. The zero-order valence-electron chi connectivity index (χ0n) is 25.3. The quantitative estimate of drug-likeness (QED) is 0.142. The Balaban J connectivity index is 1.29. The first-order chi connectivity index (χ1) is 22.5. The van der Waals surface area contributed by atoms with E-state index in [1.54, 1.807) is 59.5 Å². The first kappa shape index (κ1) is 31.5. The SMILES string of the molecule is CC1(F)CCN(C(=O)c2ccc(-c3cc(-c4c(F)cc(F)cc4F)c4oc(CNC(=O)/C=C/c5ccc(N)nc5)cc4c3)cc2)CC1. The van der Waals surface area contributed by atoms with Gasteiger partial charge in [-0.2, -0.15) is 0 Å². The number of benzene rings is 3. The second-order valence-corrected chi connectivity index (χ2v) is 11.7. The van der Waals surface area contributed by atoms with Crippen LogP contribution in [0.4, 0.5) is 23.4 Å². The number of furan rings is 1. The van der Waals surface area contributed by atoms with Crippen molar-refractivity contribution in [2.24, 2.45) is 0 Å². The van der Waals surface area contributed by atoms with Crippen LogP contribution in [0.3, 0.4) is 0 Å². The minimum atomic E-state index is -1.29. The highest BCUT2D eigenvalue weighted by atomic mass is 19.2. The molecule has 1 aliphatic heterocycles. The van der Waals surface area contributed by atoms with Crippen molar-refractivity contribution in [2.45, 2.75) is 32.0 Å². The number of nitrogen functional groups attached to an aromatic ring is 1. The Morgan fingerprint density at radius 1 is 0.979 bits per heavy atom. The average molecular weight is 643 g/mol. The molecular weight excluding hydrogens is 612 g/mol. The molecule has 0 atom stereocenters. The zero-order valence-corrected chi connectivity index (χ0v) is 25.3. The molecule has 3 aromatic carbocycles. The van der Waals surface area contributed by atoms with Crippen LogP contribution in [0.2, 0.25) is 0 Å². The second kappa shape index (κ2) is 12.7. The van der Waals surface area contributed by atoms with Gasteiger partial charge in [0.1, 0.15) is 40.3 Å². The lowest BCUT2D eigenvalue weighted by Gasteiger charge is -2.34. The molecule has 11 heteroatoms. The van der Waals surface area contributed by atoms with Crippen molar-refractivity contribution in [1.82, 2.24) is 15.2 Å². The molecule has 0 radical (unpaired) electrons. The summed E-state index contributed by atoms with van der Waals surface area (Å²) in [5, 5.41) is 3.19. The number of pyridine rings is 1. The molecule has 2 aromatic heterocycles. The maximum atomic E-state index is 15.1. The number of piperidine rings is 1. The topological polar surface area (TPSA) is 101 Å². The number of halogens is 4. The number of nitrogens with two attached hydrogens (primary N) is 1. The summed E-state index contributed by atoms with van der Waals surface area (Å²) in [7, 11) is 0. The summed E-state index contributed by atoms with van der Waals surface area (Å²) in [4.78, 5) is 31.1. The van der Waals surface area contributed by atoms with E-state index in [2.05, 4.69) is 10.3 Å². The highest BCUT2D eigenvalue weighted by Gasteiger charge is 2.31. The van der Waals surface area contributed by atoms with Gasteiger partial charge in [-0.05, 0) is 85.0 Å². The van der Waals surface area contributed by atoms with Gasteiger partial charge in [0.05, 0.1) is 12.1 Å². The van der Waals surface area contributed by atoms with Crippen molar-refractivity contribution in [3.63, 3.8) is 0 Å². The fourth-order valence-corrected chi connectivity index (χ4v) is 5.53. The van der Waals surface area contributed by atoms with Crippen LogP contribution in [0.5, 0.6) is 0 Å². The van der Waals surface area contributed by atoms with Crippen molar-refractivity contribution in [3.05, 3.63) is 113 Å². The third-order valence-electron chi connectivity index (χ3n) is 8.18. The van der Waals surface area contributed by atoms with Gasteiger partial charge in [-0.1, -0.05) is 12.1 Å². The van der Waals surface area contributed by atoms with Gasteiger partial charge >= 0.3 is 0 Å². The Morgan fingerprint density at radius 3 is 2.34 bits per heavy atom. The third-order valence-corrected chi connectivity index (χ3v) is 8.18. The van der Waals surface area contributed by atoms with E-state index in [1.807, 2.05) is 0 Å². The van der Waals surface area contributed by atoms with Crippen LogP contribution in [0.25, 0.3) is 39.3 Å². The van der Waals surface area contributed by atoms with E-state index in [0.29, 0.717) is 64.4 Å². The van der Waals surface area contributed by atoms with Crippen molar-refractivity contribution in [3.8, 4) is 22.3 Å². The van der Waals surface area contributed by atoms with Gasteiger partial charge < -0.3 is 20.4 Å². The van der Waals surface area contributed by atoms with Crippen LogP contribution in [0.15, 0.2) is 83.4 Å². The normalized spacial score (nSPS) is 14.5. The van der Waals surface area contributed by atoms with E-state index in [1.165, 1.54) is 25.3 Å². The Bertz CT molecular complexity index is 1970. The molecule has 6 rings (SSSR count). The highest BCUT2D eigenvalue weighted by Crippen LogP contribution is 2.38. The molecule has 1 saturated heterocycles. The number of likely N-dealkylation sites (tertiary alicyclic amines) is 1. The van der Waals surface area contributed by atoms with E-state index in [4.69, 9.17) is 10.2 Å². The van der Waals surface area contributed by atoms with Crippen molar-refractivity contribution >= 4 is 34.7 Å². The van der Waals surface area contributed by atoms with Crippen molar-refractivity contribution in [1.29, 1.82) is 0 Å². The molecule has 0 aliphatic carbocycles. The number of aromatic nitrogens is 1. The Labute approximate surface area is 267 Å². The summed E-state index contributed by atoms with van der Waals surface area (Å²) < 4.78 is 64.2. The lowest BCUT2D eigenvalue weighted by Crippen LogP contribution is -2.43. The number of nitrogens with zero attached hydrogens (tertiary/aromatic N) is 2. The number of hydrogen-bond acceptors (Lipinski definition) is 5. The summed E-state index contributed by atoms with van der Waals surface area (Å²) in [6.45, 7) is 2.15. The van der Waals surface area contributed by atoms with Crippen LogP contribution < -0.4 is 11.1 Å². The number of anilines is 1. The summed E-state index contributed by atoms with van der Waals surface area (Å²) >= 11 is 0. The smallest absolute Gasteiger partial charge is 0.253 e. The van der Waals surface area contributed by atoms with Gasteiger partial charge in [0.2, 0.25) is 5.91 Å². The van der Waals surface area contributed by atoms with E-state index in [9.17, 15) is 18.4 Å². The maximum absolute atomic E-state index is 15.1. The molecule has 0 saturated carbocycles. The van der Waals surface area contributed by atoms with Gasteiger partial charge in [0.25, 0.3) is 5.91 Å². The first-order valence-corrected chi connectivity index (χ1v) is 14.9. The molecular formula is C36H30F4N4O3. The molecule has 240 valence electrons. The third kappa shape index (κ3) is 7.04. The number of alkyl halides is 1. The Hall–Kier alpha value is -5.45. The molecule has 0 unspecified atom stereocenters. The molecule has 7 nitrogen and oxygen atoms in total. The fourth-order valence-electron chi connectivity index (χ4n) is 5.53.